The van der Waals surface area contributed by atoms with Gasteiger partial charge in [0.05, 0.1) is 9.79 Å². The molecule has 1 aliphatic heterocycles. The molecule has 2 aromatic rings. The van der Waals surface area contributed by atoms with E-state index in [9.17, 15) is 8.42 Å². The number of piperidine rings is 1. The lowest BCUT2D eigenvalue weighted by atomic mass is 10.1. The molecule has 1 heterocycles. The number of likely N-dealkylation sites (N-methyl/N-ethyl adjacent to an activating group) is 1. The first kappa shape index (κ1) is 18.1. The topological polar surface area (TPSA) is 49.4 Å². The van der Waals surface area contributed by atoms with E-state index in [0.29, 0.717) is 15.8 Å². The maximum atomic E-state index is 12.7. The van der Waals surface area contributed by atoms with Gasteiger partial charge in [0.1, 0.15) is 0 Å². The first-order valence-electron chi connectivity index (χ1n) is 8.79. The molecule has 0 bridgehead atoms. The highest BCUT2D eigenvalue weighted by Gasteiger charge is 2.20. The highest BCUT2D eigenvalue weighted by Crippen LogP contribution is 2.22. The normalized spacial score (nSPS) is 19.0. The number of sulfone groups is 1. The number of hydrogen-bond donors (Lipinski definition) is 1. The van der Waals surface area contributed by atoms with Crippen LogP contribution < -0.4 is 5.32 Å². The lowest BCUT2D eigenvalue weighted by Gasteiger charge is -2.32. The van der Waals surface area contributed by atoms with Gasteiger partial charge in [0.2, 0.25) is 9.84 Å². The summed E-state index contributed by atoms with van der Waals surface area (Å²) in [6.07, 6.45) is 2.42. The third-order valence-electron chi connectivity index (χ3n) is 4.88. The first-order chi connectivity index (χ1) is 12.0. The van der Waals surface area contributed by atoms with Crippen LogP contribution in [0.1, 0.15) is 24.0 Å². The number of aryl methyl sites for hydroxylation is 1. The zero-order chi connectivity index (χ0) is 17.9. The van der Waals surface area contributed by atoms with Crippen LogP contribution in [0.25, 0.3) is 0 Å². The smallest absolute Gasteiger partial charge is 0.206 e. The summed E-state index contributed by atoms with van der Waals surface area (Å²) >= 11 is 0. The minimum atomic E-state index is -3.44. The number of likely N-dealkylation sites (tertiary alicyclic amines) is 1. The van der Waals surface area contributed by atoms with Gasteiger partial charge in [-0.15, -0.1) is 0 Å². The largest absolute Gasteiger partial charge is 0.316 e. The Hall–Kier alpha value is -1.69. The van der Waals surface area contributed by atoms with Crippen molar-refractivity contribution in [1.82, 2.24) is 10.2 Å². The standard InChI is InChI=1S/C20H26N2O2S/c1-16-5-9-19(10-6-16)25(23,24)20-11-7-17(8-12-20)14-22-13-3-4-18(15-22)21-2/h5-12,18,21H,3-4,13-15H2,1-2H3. The van der Waals surface area contributed by atoms with Gasteiger partial charge < -0.3 is 5.32 Å². The summed E-state index contributed by atoms with van der Waals surface area (Å²) in [4.78, 5) is 3.12. The fraction of sp³-hybridized carbons (Fsp3) is 0.400. The molecule has 0 radical (unpaired) electrons. The number of benzene rings is 2. The molecule has 1 N–H and O–H groups in total. The van der Waals surface area contributed by atoms with Crippen molar-refractivity contribution in [1.29, 1.82) is 0 Å². The average molecular weight is 359 g/mol. The molecule has 1 unspecified atom stereocenters. The maximum Gasteiger partial charge on any atom is 0.206 e. The van der Waals surface area contributed by atoms with Crippen LogP contribution in [0.15, 0.2) is 58.3 Å². The number of nitrogens with zero attached hydrogens (tertiary/aromatic N) is 1. The first-order valence-corrected chi connectivity index (χ1v) is 10.3. The summed E-state index contributed by atoms with van der Waals surface area (Å²) in [5, 5.41) is 3.35. The molecule has 0 saturated carbocycles. The van der Waals surface area contributed by atoms with Crippen molar-refractivity contribution < 1.29 is 8.42 Å². The van der Waals surface area contributed by atoms with Crippen LogP contribution in [-0.2, 0) is 16.4 Å². The second-order valence-electron chi connectivity index (χ2n) is 6.82. The molecule has 134 valence electrons. The predicted octanol–water partition coefficient (Wildman–Crippen LogP) is 3.01. The van der Waals surface area contributed by atoms with Crippen LogP contribution in [0.4, 0.5) is 0 Å². The summed E-state index contributed by atoms with van der Waals surface area (Å²) < 4.78 is 25.4. The summed E-state index contributed by atoms with van der Waals surface area (Å²) in [6, 6.07) is 14.9. The molecule has 3 rings (SSSR count). The van der Waals surface area contributed by atoms with Gasteiger partial charge in [0, 0.05) is 19.1 Å². The molecule has 0 aliphatic carbocycles. The van der Waals surface area contributed by atoms with E-state index >= 15 is 0 Å². The molecule has 0 amide bonds. The highest BCUT2D eigenvalue weighted by atomic mass is 32.2. The third kappa shape index (κ3) is 4.29. The van der Waals surface area contributed by atoms with Crippen molar-refractivity contribution in [2.24, 2.45) is 0 Å². The Bertz CT molecular complexity index is 799. The van der Waals surface area contributed by atoms with Crippen LogP contribution in [0.3, 0.4) is 0 Å². The molecular formula is C20H26N2O2S. The molecule has 2 aromatic carbocycles. The SMILES string of the molecule is CNC1CCCN(Cc2ccc(S(=O)(=O)c3ccc(C)cc3)cc2)C1. The number of hydrogen-bond acceptors (Lipinski definition) is 4. The highest BCUT2D eigenvalue weighted by molar-refractivity contribution is 7.91. The zero-order valence-electron chi connectivity index (χ0n) is 14.9. The monoisotopic (exact) mass is 358 g/mol. The molecule has 0 spiro atoms. The van der Waals surface area contributed by atoms with E-state index in [4.69, 9.17) is 0 Å². The molecule has 1 atom stereocenters. The van der Waals surface area contributed by atoms with E-state index in [-0.39, 0.29) is 0 Å². The van der Waals surface area contributed by atoms with Gasteiger partial charge in [-0.2, -0.15) is 0 Å². The third-order valence-corrected chi connectivity index (χ3v) is 6.67. The van der Waals surface area contributed by atoms with Crippen molar-refractivity contribution >= 4 is 9.84 Å². The van der Waals surface area contributed by atoms with Crippen molar-refractivity contribution in [3.8, 4) is 0 Å². The lowest BCUT2D eigenvalue weighted by molar-refractivity contribution is 0.188. The summed E-state index contributed by atoms with van der Waals surface area (Å²) in [5.74, 6) is 0. The molecule has 25 heavy (non-hydrogen) atoms. The van der Waals surface area contributed by atoms with Gasteiger partial charge >= 0.3 is 0 Å². The van der Waals surface area contributed by atoms with Crippen LogP contribution in [0, 0.1) is 6.92 Å². The predicted molar refractivity (Wildman–Crippen MR) is 100 cm³/mol. The number of rotatable bonds is 5. The summed E-state index contributed by atoms with van der Waals surface area (Å²) in [7, 11) is -1.43. The second-order valence-corrected chi connectivity index (χ2v) is 8.77. The summed E-state index contributed by atoms with van der Waals surface area (Å²) in [6.45, 7) is 4.95. The molecule has 0 aromatic heterocycles. The van der Waals surface area contributed by atoms with Gasteiger partial charge in [-0.3, -0.25) is 4.90 Å². The van der Waals surface area contributed by atoms with Crippen molar-refractivity contribution in [3.05, 3.63) is 59.7 Å². The molecule has 1 aliphatic rings. The van der Waals surface area contributed by atoms with Gasteiger partial charge in [-0.25, -0.2) is 8.42 Å². The lowest BCUT2D eigenvalue weighted by Crippen LogP contribution is -2.43. The van der Waals surface area contributed by atoms with Gasteiger partial charge in [0.25, 0.3) is 0 Å². The van der Waals surface area contributed by atoms with E-state index in [1.54, 1.807) is 24.3 Å². The average Bonchev–Trinajstić information content (AvgIpc) is 2.63. The fourth-order valence-corrected chi connectivity index (χ4v) is 4.58. The molecule has 1 fully saturated rings. The van der Waals surface area contributed by atoms with Crippen LogP contribution in [0.5, 0.6) is 0 Å². The Labute approximate surface area is 150 Å². The van der Waals surface area contributed by atoms with E-state index in [2.05, 4.69) is 10.2 Å². The second kappa shape index (κ2) is 7.68. The maximum absolute atomic E-state index is 12.7. The molecule has 1 saturated heterocycles. The fourth-order valence-electron chi connectivity index (χ4n) is 3.32. The van der Waals surface area contributed by atoms with Crippen LogP contribution in [-0.4, -0.2) is 39.5 Å². The van der Waals surface area contributed by atoms with Crippen LogP contribution >= 0.6 is 0 Å². The Morgan fingerprint density at radius 3 is 2.24 bits per heavy atom. The van der Waals surface area contributed by atoms with E-state index in [1.165, 1.54) is 12.8 Å². The zero-order valence-corrected chi connectivity index (χ0v) is 15.7. The quantitative estimate of drug-likeness (QED) is 0.893. The van der Waals surface area contributed by atoms with Crippen molar-refractivity contribution in [2.75, 3.05) is 20.1 Å². The summed E-state index contributed by atoms with van der Waals surface area (Å²) in [5.41, 5.74) is 2.20. The Morgan fingerprint density at radius 2 is 1.64 bits per heavy atom. The molecule has 4 nitrogen and oxygen atoms in total. The molecule has 5 heteroatoms. The Morgan fingerprint density at radius 1 is 1.04 bits per heavy atom. The number of nitrogens with one attached hydrogen (secondary N) is 1. The van der Waals surface area contributed by atoms with Crippen molar-refractivity contribution in [2.45, 2.75) is 42.1 Å². The van der Waals surface area contributed by atoms with Crippen LogP contribution in [0.2, 0.25) is 0 Å². The van der Waals surface area contributed by atoms with Gasteiger partial charge in [-0.1, -0.05) is 29.8 Å². The minimum absolute atomic E-state index is 0.346. The van der Waals surface area contributed by atoms with E-state index < -0.39 is 9.84 Å². The molecular weight excluding hydrogens is 332 g/mol. The Balaban J connectivity index is 1.72. The Kier molecular flexibility index (Phi) is 5.57. The van der Waals surface area contributed by atoms with E-state index in [0.717, 1.165) is 30.8 Å². The van der Waals surface area contributed by atoms with Gasteiger partial charge in [-0.05, 0) is 63.2 Å². The van der Waals surface area contributed by atoms with Gasteiger partial charge in [0.15, 0.2) is 0 Å². The minimum Gasteiger partial charge on any atom is -0.316 e. The van der Waals surface area contributed by atoms with E-state index in [1.807, 2.05) is 38.2 Å². The van der Waals surface area contributed by atoms with Crippen molar-refractivity contribution in [3.63, 3.8) is 0 Å².